The van der Waals surface area contributed by atoms with Crippen molar-refractivity contribution in [2.45, 2.75) is 6.54 Å². The van der Waals surface area contributed by atoms with Crippen molar-refractivity contribution in [1.82, 2.24) is 0 Å². The van der Waals surface area contributed by atoms with Crippen LogP contribution in [0.5, 0.6) is 5.75 Å². The molecule has 0 aromatic heterocycles. The van der Waals surface area contributed by atoms with Crippen molar-refractivity contribution in [3.63, 3.8) is 0 Å². The summed E-state index contributed by atoms with van der Waals surface area (Å²) < 4.78 is 5.42. The van der Waals surface area contributed by atoms with Gasteiger partial charge in [0, 0.05) is 22.6 Å². The summed E-state index contributed by atoms with van der Waals surface area (Å²) in [6, 6.07) is 20.1. The van der Waals surface area contributed by atoms with E-state index in [9.17, 15) is 0 Å². The highest BCUT2D eigenvalue weighted by Gasteiger charge is 2.05. The van der Waals surface area contributed by atoms with Crippen LogP contribution in [0.2, 0.25) is 5.02 Å². The maximum Gasteiger partial charge on any atom is 0.126 e. The number of benzene rings is 3. The topological polar surface area (TPSA) is 21.3 Å². The van der Waals surface area contributed by atoms with Gasteiger partial charge in [0.2, 0.25) is 0 Å². The van der Waals surface area contributed by atoms with Crippen LogP contribution in [-0.4, -0.2) is 7.11 Å². The highest BCUT2D eigenvalue weighted by atomic mass is 35.5. The minimum absolute atomic E-state index is 0.746. The highest BCUT2D eigenvalue weighted by molar-refractivity contribution is 6.30. The number of hydrogen-bond acceptors (Lipinski definition) is 2. The van der Waals surface area contributed by atoms with Gasteiger partial charge in [-0.05, 0) is 41.3 Å². The molecule has 0 aliphatic carbocycles. The lowest BCUT2D eigenvalue weighted by molar-refractivity contribution is 0.419. The SMILES string of the molecule is COc1ccc(CNc2ccc(Cl)cc2)c2ccccc12. The van der Waals surface area contributed by atoms with Crippen LogP contribution in [0, 0.1) is 0 Å². The Morgan fingerprint density at radius 2 is 1.62 bits per heavy atom. The molecule has 2 nitrogen and oxygen atoms in total. The molecule has 0 amide bonds. The zero-order chi connectivity index (χ0) is 14.7. The summed E-state index contributed by atoms with van der Waals surface area (Å²) in [7, 11) is 1.70. The zero-order valence-corrected chi connectivity index (χ0v) is 12.5. The Hall–Kier alpha value is -2.19. The van der Waals surface area contributed by atoms with Gasteiger partial charge in [-0.3, -0.25) is 0 Å². The van der Waals surface area contributed by atoms with Crippen molar-refractivity contribution in [1.29, 1.82) is 0 Å². The number of halogens is 1. The van der Waals surface area contributed by atoms with Crippen LogP contribution < -0.4 is 10.1 Å². The van der Waals surface area contributed by atoms with Gasteiger partial charge in [-0.15, -0.1) is 0 Å². The minimum Gasteiger partial charge on any atom is -0.496 e. The van der Waals surface area contributed by atoms with Crippen LogP contribution in [0.3, 0.4) is 0 Å². The second-order valence-electron chi connectivity index (χ2n) is 4.83. The van der Waals surface area contributed by atoms with E-state index in [1.165, 1.54) is 10.9 Å². The van der Waals surface area contributed by atoms with Crippen LogP contribution >= 0.6 is 11.6 Å². The fourth-order valence-corrected chi connectivity index (χ4v) is 2.56. The molecule has 0 saturated heterocycles. The van der Waals surface area contributed by atoms with Crippen molar-refractivity contribution in [2.24, 2.45) is 0 Å². The van der Waals surface area contributed by atoms with Crippen molar-refractivity contribution in [2.75, 3.05) is 12.4 Å². The van der Waals surface area contributed by atoms with Crippen molar-refractivity contribution in [3.05, 3.63) is 71.2 Å². The predicted octanol–water partition coefficient (Wildman–Crippen LogP) is 5.11. The molecule has 0 atom stereocenters. The Bertz CT molecular complexity index is 753. The number of hydrogen-bond donors (Lipinski definition) is 1. The molecule has 106 valence electrons. The molecular formula is C18H16ClNO. The summed E-state index contributed by atoms with van der Waals surface area (Å²) in [5.41, 5.74) is 2.29. The van der Waals surface area contributed by atoms with E-state index in [4.69, 9.17) is 16.3 Å². The Balaban J connectivity index is 1.89. The normalized spacial score (nSPS) is 10.6. The van der Waals surface area contributed by atoms with Gasteiger partial charge in [0.1, 0.15) is 5.75 Å². The van der Waals surface area contributed by atoms with E-state index in [1.54, 1.807) is 7.11 Å². The van der Waals surface area contributed by atoms with Crippen LogP contribution in [0.4, 0.5) is 5.69 Å². The van der Waals surface area contributed by atoms with Gasteiger partial charge >= 0.3 is 0 Å². The third-order valence-electron chi connectivity index (χ3n) is 3.52. The first-order valence-electron chi connectivity index (χ1n) is 6.82. The lowest BCUT2D eigenvalue weighted by atomic mass is 10.0. The van der Waals surface area contributed by atoms with E-state index in [1.807, 2.05) is 42.5 Å². The molecule has 0 spiro atoms. The average Bonchev–Trinajstić information content (AvgIpc) is 2.54. The largest absolute Gasteiger partial charge is 0.496 e. The van der Waals surface area contributed by atoms with Gasteiger partial charge in [-0.25, -0.2) is 0 Å². The number of ether oxygens (including phenoxy) is 1. The first-order chi connectivity index (χ1) is 10.3. The smallest absolute Gasteiger partial charge is 0.126 e. The molecule has 0 bridgehead atoms. The second kappa shape index (κ2) is 6.06. The van der Waals surface area contributed by atoms with Gasteiger partial charge in [0.05, 0.1) is 7.11 Å². The molecule has 3 aromatic carbocycles. The van der Waals surface area contributed by atoms with Crippen molar-refractivity contribution in [3.8, 4) is 5.75 Å². The molecule has 0 unspecified atom stereocenters. The zero-order valence-electron chi connectivity index (χ0n) is 11.8. The first-order valence-corrected chi connectivity index (χ1v) is 7.20. The van der Waals surface area contributed by atoms with Crippen LogP contribution in [0.25, 0.3) is 10.8 Å². The lowest BCUT2D eigenvalue weighted by Crippen LogP contribution is -2.00. The van der Waals surface area contributed by atoms with E-state index in [0.29, 0.717) is 0 Å². The predicted molar refractivity (Wildman–Crippen MR) is 89.3 cm³/mol. The number of fused-ring (bicyclic) bond motifs is 1. The van der Waals surface area contributed by atoms with E-state index < -0.39 is 0 Å². The van der Waals surface area contributed by atoms with E-state index >= 15 is 0 Å². The lowest BCUT2D eigenvalue weighted by Gasteiger charge is -2.12. The Morgan fingerprint density at radius 1 is 0.905 bits per heavy atom. The van der Waals surface area contributed by atoms with E-state index in [-0.39, 0.29) is 0 Å². The quantitative estimate of drug-likeness (QED) is 0.722. The number of anilines is 1. The summed E-state index contributed by atoms with van der Waals surface area (Å²) in [6.07, 6.45) is 0. The molecule has 21 heavy (non-hydrogen) atoms. The molecule has 0 aliphatic heterocycles. The van der Waals surface area contributed by atoms with Crippen LogP contribution in [0.1, 0.15) is 5.56 Å². The third-order valence-corrected chi connectivity index (χ3v) is 3.77. The number of nitrogens with one attached hydrogen (secondary N) is 1. The van der Waals surface area contributed by atoms with E-state index in [0.717, 1.165) is 28.4 Å². The highest BCUT2D eigenvalue weighted by Crippen LogP contribution is 2.28. The maximum absolute atomic E-state index is 5.90. The first kappa shape index (κ1) is 13.8. The monoisotopic (exact) mass is 297 g/mol. The fraction of sp³-hybridized carbons (Fsp3) is 0.111. The standard InChI is InChI=1S/C18H16ClNO/c1-21-18-11-6-13(16-4-2-3-5-17(16)18)12-20-15-9-7-14(19)8-10-15/h2-11,20H,12H2,1H3. The number of rotatable bonds is 4. The Kier molecular flexibility index (Phi) is 3.98. The second-order valence-corrected chi connectivity index (χ2v) is 5.27. The Morgan fingerprint density at radius 3 is 2.33 bits per heavy atom. The molecule has 0 saturated carbocycles. The molecule has 3 rings (SSSR count). The Labute approximate surface area is 129 Å². The van der Waals surface area contributed by atoms with Crippen LogP contribution in [-0.2, 0) is 6.54 Å². The molecular weight excluding hydrogens is 282 g/mol. The van der Waals surface area contributed by atoms with Crippen LogP contribution in [0.15, 0.2) is 60.7 Å². The molecule has 0 fully saturated rings. The summed E-state index contributed by atoms with van der Waals surface area (Å²) in [6.45, 7) is 0.756. The molecule has 0 radical (unpaired) electrons. The summed E-state index contributed by atoms with van der Waals surface area (Å²) in [4.78, 5) is 0. The molecule has 3 heteroatoms. The van der Waals surface area contributed by atoms with Gasteiger partial charge in [-0.2, -0.15) is 0 Å². The summed E-state index contributed by atoms with van der Waals surface area (Å²) in [5, 5.41) is 6.51. The van der Waals surface area contributed by atoms with Gasteiger partial charge in [0.25, 0.3) is 0 Å². The van der Waals surface area contributed by atoms with Crippen molar-refractivity contribution < 1.29 is 4.74 Å². The molecule has 0 aliphatic rings. The summed E-state index contributed by atoms with van der Waals surface area (Å²) >= 11 is 5.90. The van der Waals surface area contributed by atoms with Crippen molar-refractivity contribution >= 4 is 28.1 Å². The molecule has 1 N–H and O–H groups in total. The van der Waals surface area contributed by atoms with E-state index in [2.05, 4.69) is 23.5 Å². The summed E-state index contributed by atoms with van der Waals surface area (Å²) in [5.74, 6) is 0.904. The van der Waals surface area contributed by atoms with Gasteiger partial charge in [-0.1, -0.05) is 41.9 Å². The maximum atomic E-state index is 5.90. The third kappa shape index (κ3) is 2.96. The minimum atomic E-state index is 0.746. The van der Waals surface area contributed by atoms with Gasteiger partial charge < -0.3 is 10.1 Å². The fourth-order valence-electron chi connectivity index (χ4n) is 2.43. The molecule has 3 aromatic rings. The van der Waals surface area contributed by atoms with Gasteiger partial charge in [0.15, 0.2) is 0 Å². The number of methoxy groups -OCH3 is 1. The average molecular weight is 298 g/mol. The molecule has 0 heterocycles.